The number of aryl methyl sites for hydroxylation is 6. The Bertz CT molecular complexity index is 959. The molecule has 0 heterocycles. The van der Waals surface area contributed by atoms with Crippen LogP contribution in [0.15, 0.2) is 24.3 Å². The average Bonchev–Trinajstić information content (AvgIpc) is 2.71. The van der Waals surface area contributed by atoms with Crippen molar-refractivity contribution in [2.75, 3.05) is 26.0 Å². The van der Waals surface area contributed by atoms with Gasteiger partial charge in [0.1, 0.15) is 0 Å². The van der Waals surface area contributed by atoms with E-state index in [1.165, 1.54) is 0 Å². The summed E-state index contributed by atoms with van der Waals surface area (Å²) in [5.41, 5.74) is 5.53. The van der Waals surface area contributed by atoms with Gasteiger partial charge in [0.05, 0.1) is 13.2 Å². The number of carbonyl (C=O) groups is 3. The quantitative estimate of drug-likeness (QED) is 0.314. The maximum atomic E-state index is 13.9. The van der Waals surface area contributed by atoms with E-state index in [9.17, 15) is 19.5 Å². The molecule has 2 rings (SSSR count). The first-order valence-corrected chi connectivity index (χ1v) is 12.9. The zero-order valence-corrected chi connectivity index (χ0v) is 22.0. The maximum absolute atomic E-state index is 13.9. The first-order valence-electron chi connectivity index (χ1n) is 11.4. The van der Waals surface area contributed by atoms with Crippen LogP contribution in [0.4, 0.5) is 0 Å². The maximum Gasteiger partial charge on any atom is 0.333 e. The minimum absolute atomic E-state index is 0.0710. The fourth-order valence-corrected chi connectivity index (χ4v) is 6.68. The molecule has 184 valence electrons. The molecule has 1 atom stereocenters. The van der Waals surface area contributed by atoms with Crippen LogP contribution in [-0.2, 0) is 14.3 Å². The molecule has 7 heteroatoms. The van der Waals surface area contributed by atoms with Crippen LogP contribution in [-0.4, -0.2) is 54.2 Å². The molecule has 1 N–H and O–H groups in total. The van der Waals surface area contributed by atoms with Crippen LogP contribution in [0.25, 0.3) is 0 Å². The van der Waals surface area contributed by atoms with Crippen molar-refractivity contribution >= 4 is 24.9 Å². The molecule has 0 aliphatic heterocycles. The molecular formula is C27H35O6P. The molecule has 6 nitrogen and oxygen atoms in total. The summed E-state index contributed by atoms with van der Waals surface area (Å²) in [6.07, 6.45) is -1.47. The largest absolute Gasteiger partial charge is 0.479 e. The van der Waals surface area contributed by atoms with E-state index in [1.54, 1.807) is 0 Å². The fraction of sp³-hybridized carbons (Fsp3) is 0.444. The molecule has 2 aromatic rings. The van der Waals surface area contributed by atoms with E-state index >= 15 is 0 Å². The second-order valence-electron chi connectivity index (χ2n) is 8.66. The second-order valence-corrected chi connectivity index (χ2v) is 10.7. The lowest BCUT2D eigenvalue weighted by molar-refractivity contribution is -0.149. The molecular weight excluding hydrogens is 451 g/mol. The number of aliphatic carboxylic acids is 1. The van der Waals surface area contributed by atoms with Gasteiger partial charge < -0.3 is 14.6 Å². The van der Waals surface area contributed by atoms with Crippen LogP contribution < -0.4 is 0 Å². The number of carboxylic acids is 1. The van der Waals surface area contributed by atoms with Crippen molar-refractivity contribution in [3.8, 4) is 0 Å². The van der Waals surface area contributed by atoms with E-state index in [0.717, 1.165) is 33.4 Å². The van der Waals surface area contributed by atoms with Crippen LogP contribution in [0.1, 0.15) is 61.0 Å². The molecule has 1 unspecified atom stereocenters. The summed E-state index contributed by atoms with van der Waals surface area (Å²) in [4.78, 5) is 39.7. The van der Waals surface area contributed by atoms with Gasteiger partial charge in [-0.25, -0.2) is 4.79 Å². The summed E-state index contributed by atoms with van der Waals surface area (Å²) < 4.78 is 10.8. The molecule has 0 fully saturated rings. The van der Waals surface area contributed by atoms with Gasteiger partial charge in [-0.05, 0) is 70.7 Å². The number of hydrogen-bond donors (Lipinski definition) is 1. The summed E-state index contributed by atoms with van der Waals surface area (Å²) >= 11 is 0. The molecule has 0 aromatic heterocycles. The fourth-order valence-electron chi connectivity index (χ4n) is 4.32. The van der Waals surface area contributed by atoms with Crippen molar-refractivity contribution in [1.29, 1.82) is 0 Å². The van der Waals surface area contributed by atoms with Crippen LogP contribution in [0.3, 0.4) is 0 Å². The lowest BCUT2D eigenvalue weighted by atomic mass is 10.0. The highest BCUT2D eigenvalue weighted by Crippen LogP contribution is 2.46. The average molecular weight is 487 g/mol. The van der Waals surface area contributed by atoms with Crippen molar-refractivity contribution < 1.29 is 29.0 Å². The Morgan fingerprint density at radius 2 is 1.21 bits per heavy atom. The van der Waals surface area contributed by atoms with Crippen LogP contribution in [0.5, 0.6) is 0 Å². The second kappa shape index (κ2) is 12.3. The number of benzene rings is 2. The predicted octanol–water partition coefficient (Wildman–Crippen LogP) is 5.51. The lowest BCUT2D eigenvalue weighted by Gasteiger charge is -2.23. The van der Waals surface area contributed by atoms with Gasteiger partial charge in [0, 0.05) is 31.8 Å². The van der Waals surface area contributed by atoms with E-state index in [-0.39, 0.29) is 30.4 Å². The number of hydrogen-bond acceptors (Lipinski definition) is 5. The van der Waals surface area contributed by atoms with E-state index in [1.807, 2.05) is 72.7 Å². The topological polar surface area (TPSA) is 89.9 Å². The SMILES string of the molecule is CCOCCOC(CP(C(=O)c1c(C)cc(C)cc1C)C(=O)c1c(C)cc(C)cc1C)C(=O)O. The number of carbonyl (C=O) groups excluding carboxylic acids is 2. The minimum Gasteiger partial charge on any atom is -0.479 e. The molecule has 34 heavy (non-hydrogen) atoms. The summed E-state index contributed by atoms with van der Waals surface area (Å²) in [5, 5.41) is 9.80. The zero-order valence-electron chi connectivity index (χ0n) is 21.2. The van der Waals surface area contributed by atoms with E-state index in [0.29, 0.717) is 17.7 Å². The van der Waals surface area contributed by atoms with Crippen molar-refractivity contribution in [1.82, 2.24) is 0 Å². The molecule has 0 bridgehead atoms. The van der Waals surface area contributed by atoms with Gasteiger partial charge in [-0.1, -0.05) is 35.4 Å². The summed E-state index contributed by atoms with van der Waals surface area (Å²) in [6.45, 7) is 13.9. The Morgan fingerprint density at radius 3 is 1.56 bits per heavy atom. The van der Waals surface area contributed by atoms with Crippen molar-refractivity contribution in [2.24, 2.45) is 0 Å². The van der Waals surface area contributed by atoms with E-state index < -0.39 is 20.0 Å². The number of rotatable bonds is 12. The standard InChI is InChI=1S/C27H35O6P/c1-8-32-9-10-33-22(25(28)29)15-34(26(30)23-18(4)11-16(2)12-19(23)5)27(31)24-20(6)13-17(3)14-21(24)7/h11-14,22H,8-10,15H2,1-7H3,(H,28,29). The van der Waals surface area contributed by atoms with Gasteiger partial charge in [-0.3, -0.25) is 9.59 Å². The number of ether oxygens (including phenoxy) is 2. The lowest BCUT2D eigenvalue weighted by Crippen LogP contribution is -2.31. The molecule has 0 saturated heterocycles. The van der Waals surface area contributed by atoms with Gasteiger partial charge >= 0.3 is 5.97 Å². The van der Waals surface area contributed by atoms with E-state index in [4.69, 9.17) is 9.47 Å². The van der Waals surface area contributed by atoms with E-state index in [2.05, 4.69) is 0 Å². The molecule has 0 aliphatic carbocycles. The Kier molecular flexibility index (Phi) is 10.1. The van der Waals surface area contributed by atoms with Gasteiger partial charge in [-0.15, -0.1) is 0 Å². The van der Waals surface area contributed by atoms with Gasteiger partial charge in [-0.2, -0.15) is 0 Å². The Hall–Kier alpha value is -2.40. The van der Waals surface area contributed by atoms with Gasteiger partial charge in [0.2, 0.25) is 0 Å². The first kappa shape index (κ1) is 27.8. The van der Waals surface area contributed by atoms with Crippen molar-refractivity contribution in [3.63, 3.8) is 0 Å². The molecule has 0 aliphatic rings. The molecule has 0 amide bonds. The molecule has 0 radical (unpaired) electrons. The van der Waals surface area contributed by atoms with Crippen LogP contribution in [0.2, 0.25) is 0 Å². The molecule has 2 aromatic carbocycles. The minimum atomic E-state index is -2.04. The summed E-state index contributed by atoms with van der Waals surface area (Å²) in [6, 6.07) is 7.64. The highest BCUT2D eigenvalue weighted by atomic mass is 31.1. The van der Waals surface area contributed by atoms with Crippen LogP contribution >= 0.6 is 7.92 Å². The smallest absolute Gasteiger partial charge is 0.333 e. The zero-order chi connectivity index (χ0) is 25.6. The highest BCUT2D eigenvalue weighted by molar-refractivity contribution is 7.90. The Labute approximate surface area is 203 Å². The third-order valence-corrected chi connectivity index (χ3v) is 7.77. The normalized spacial score (nSPS) is 12.1. The van der Waals surface area contributed by atoms with Gasteiger partial charge in [0.15, 0.2) is 17.2 Å². The van der Waals surface area contributed by atoms with Gasteiger partial charge in [0.25, 0.3) is 0 Å². The third-order valence-electron chi connectivity index (χ3n) is 5.65. The summed E-state index contributed by atoms with van der Waals surface area (Å²) in [7, 11) is -2.04. The Morgan fingerprint density at radius 1 is 0.794 bits per heavy atom. The van der Waals surface area contributed by atoms with Crippen LogP contribution in [0, 0.1) is 41.5 Å². The number of carboxylic acid groups (broad SMARTS) is 1. The predicted molar refractivity (Wildman–Crippen MR) is 136 cm³/mol. The summed E-state index contributed by atoms with van der Waals surface area (Å²) in [5.74, 6) is -1.20. The third kappa shape index (κ3) is 6.82. The Balaban J connectivity index is 2.54. The monoisotopic (exact) mass is 486 g/mol. The first-order chi connectivity index (χ1) is 16.0. The van der Waals surface area contributed by atoms with Crippen molar-refractivity contribution in [3.05, 3.63) is 68.8 Å². The highest BCUT2D eigenvalue weighted by Gasteiger charge is 2.36. The molecule has 0 spiro atoms. The van der Waals surface area contributed by atoms with Crippen molar-refractivity contribution in [2.45, 2.75) is 54.6 Å². The molecule has 0 saturated carbocycles.